The second-order valence-corrected chi connectivity index (χ2v) is 5.88. The molecule has 0 atom stereocenters. The second-order valence-electron chi connectivity index (χ2n) is 4.96. The summed E-state index contributed by atoms with van der Waals surface area (Å²) in [4.78, 5) is 4.44. The summed E-state index contributed by atoms with van der Waals surface area (Å²) >= 11 is 1.59. The Bertz CT molecular complexity index is 744. The van der Waals surface area contributed by atoms with Crippen LogP contribution in [-0.2, 0) is 5.75 Å². The van der Waals surface area contributed by atoms with Crippen molar-refractivity contribution in [3.8, 4) is 0 Å². The average Bonchev–Trinajstić information content (AvgIpc) is 2.80. The van der Waals surface area contributed by atoms with Crippen LogP contribution in [0, 0.1) is 13.8 Å². The van der Waals surface area contributed by atoms with E-state index >= 15 is 0 Å². The van der Waals surface area contributed by atoms with E-state index in [1.54, 1.807) is 11.8 Å². The molecule has 0 unspecified atom stereocenters. The van der Waals surface area contributed by atoms with Crippen LogP contribution in [0.25, 0.3) is 11.1 Å². The summed E-state index contributed by atoms with van der Waals surface area (Å²) in [6.45, 7) is 4.22. The van der Waals surface area contributed by atoms with E-state index in [-0.39, 0.29) is 0 Å². The zero-order valence-corrected chi connectivity index (χ0v) is 12.3. The van der Waals surface area contributed by atoms with Gasteiger partial charge in [0.2, 0.25) is 0 Å². The molecule has 1 heterocycles. The van der Waals surface area contributed by atoms with Crippen LogP contribution in [0.4, 0.5) is 5.69 Å². The Balaban J connectivity index is 1.81. The molecular weight excluding hydrogens is 268 g/mol. The summed E-state index contributed by atoms with van der Waals surface area (Å²) < 4.78 is 5.70. The predicted octanol–water partition coefficient (Wildman–Crippen LogP) is 4.32. The maximum Gasteiger partial charge on any atom is 0.257 e. The third kappa shape index (κ3) is 2.65. The molecule has 0 spiro atoms. The van der Waals surface area contributed by atoms with Gasteiger partial charge in [-0.25, -0.2) is 4.98 Å². The molecule has 2 N–H and O–H groups in total. The van der Waals surface area contributed by atoms with Gasteiger partial charge in [0.25, 0.3) is 5.22 Å². The maximum atomic E-state index is 5.88. The van der Waals surface area contributed by atoms with E-state index in [0.29, 0.717) is 10.9 Å². The standard InChI is InChI=1S/C16H16N2OS/c1-10-6-11(2)8-12(7-10)9-20-16-18-15-13(17)4-3-5-14(15)19-16/h3-8H,9,17H2,1-2H3. The molecule has 4 heteroatoms. The molecule has 20 heavy (non-hydrogen) atoms. The second kappa shape index (κ2) is 5.21. The van der Waals surface area contributed by atoms with Crippen LogP contribution in [0.5, 0.6) is 0 Å². The summed E-state index contributed by atoms with van der Waals surface area (Å²) in [6, 6.07) is 12.2. The molecule has 0 bridgehead atoms. The van der Waals surface area contributed by atoms with Crippen molar-refractivity contribution in [3.05, 3.63) is 53.1 Å². The number of rotatable bonds is 3. The molecule has 2 aromatic carbocycles. The molecule has 0 radical (unpaired) electrons. The third-order valence-electron chi connectivity index (χ3n) is 3.07. The number of anilines is 1. The lowest BCUT2D eigenvalue weighted by molar-refractivity contribution is 0.489. The Labute approximate surface area is 122 Å². The first-order valence-electron chi connectivity index (χ1n) is 6.47. The number of hydrogen-bond acceptors (Lipinski definition) is 4. The smallest absolute Gasteiger partial charge is 0.257 e. The van der Waals surface area contributed by atoms with Gasteiger partial charge in [-0.05, 0) is 31.5 Å². The fraction of sp³-hybridized carbons (Fsp3) is 0.188. The van der Waals surface area contributed by atoms with Gasteiger partial charge in [0.1, 0.15) is 5.52 Å². The van der Waals surface area contributed by atoms with Gasteiger partial charge in [-0.15, -0.1) is 0 Å². The van der Waals surface area contributed by atoms with Crippen molar-refractivity contribution in [3.63, 3.8) is 0 Å². The molecule has 0 saturated heterocycles. The topological polar surface area (TPSA) is 52.0 Å². The highest BCUT2D eigenvalue weighted by Gasteiger charge is 2.09. The predicted molar refractivity (Wildman–Crippen MR) is 83.9 cm³/mol. The fourth-order valence-electron chi connectivity index (χ4n) is 2.31. The van der Waals surface area contributed by atoms with Crippen LogP contribution < -0.4 is 5.73 Å². The Kier molecular flexibility index (Phi) is 3.40. The summed E-state index contributed by atoms with van der Waals surface area (Å²) in [7, 11) is 0. The molecule has 3 nitrogen and oxygen atoms in total. The van der Waals surface area contributed by atoms with E-state index in [4.69, 9.17) is 10.2 Å². The van der Waals surface area contributed by atoms with Crippen molar-refractivity contribution in [1.29, 1.82) is 0 Å². The van der Waals surface area contributed by atoms with Gasteiger partial charge in [-0.3, -0.25) is 0 Å². The van der Waals surface area contributed by atoms with Crippen LogP contribution >= 0.6 is 11.8 Å². The lowest BCUT2D eigenvalue weighted by atomic mass is 10.1. The molecule has 102 valence electrons. The largest absolute Gasteiger partial charge is 0.431 e. The van der Waals surface area contributed by atoms with Crippen molar-refractivity contribution in [2.75, 3.05) is 5.73 Å². The number of aromatic nitrogens is 1. The quantitative estimate of drug-likeness (QED) is 0.575. The first kappa shape index (κ1) is 13.1. The molecule has 0 fully saturated rings. The molecule has 1 aromatic heterocycles. The number of nitrogens with two attached hydrogens (primary N) is 1. The summed E-state index contributed by atoms with van der Waals surface area (Å²) in [5.74, 6) is 0.843. The number of para-hydroxylation sites is 1. The number of aryl methyl sites for hydroxylation is 2. The average molecular weight is 284 g/mol. The third-order valence-corrected chi connectivity index (χ3v) is 3.97. The fourth-order valence-corrected chi connectivity index (χ4v) is 3.07. The number of benzene rings is 2. The monoisotopic (exact) mass is 284 g/mol. The highest BCUT2D eigenvalue weighted by atomic mass is 32.2. The first-order chi connectivity index (χ1) is 9.61. The Hall–Kier alpha value is -1.94. The molecule has 0 saturated carbocycles. The van der Waals surface area contributed by atoms with Crippen LogP contribution in [0.3, 0.4) is 0 Å². The minimum Gasteiger partial charge on any atom is -0.431 e. The maximum absolute atomic E-state index is 5.88. The summed E-state index contributed by atoms with van der Waals surface area (Å²) in [5.41, 5.74) is 11.9. The van der Waals surface area contributed by atoms with Gasteiger partial charge in [-0.1, -0.05) is 47.2 Å². The SMILES string of the molecule is Cc1cc(C)cc(CSc2nc3c(N)cccc3o2)c1. The van der Waals surface area contributed by atoms with Gasteiger partial charge in [0.05, 0.1) is 5.69 Å². The van der Waals surface area contributed by atoms with Crippen molar-refractivity contribution in [2.45, 2.75) is 24.8 Å². The zero-order chi connectivity index (χ0) is 14.1. The molecular formula is C16H16N2OS. The van der Waals surface area contributed by atoms with E-state index in [9.17, 15) is 0 Å². The number of nitrogen functional groups attached to an aromatic ring is 1. The molecule has 0 aliphatic carbocycles. The van der Waals surface area contributed by atoms with Crippen LogP contribution in [0.2, 0.25) is 0 Å². The number of hydrogen-bond donors (Lipinski definition) is 1. The number of thioether (sulfide) groups is 1. The van der Waals surface area contributed by atoms with Crippen molar-refractivity contribution in [1.82, 2.24) is 4.98 Å². The normalized spacial score (nSPS) is 11.1. The molecule has 0 aliphatic heterocycles. The van der Waals surface area contributed by atoms with E-state index in [1.807, 2.05) is 18.2 Å². The van der Waals surface area contributed by atoms with Crippen LogP contribution in [-0.4, -0.2) is 4.98 Å². The van der Waals surface area contributed by atoms with Crippen LogP contribution in [0.1, 0.15) is 16.7 Å². The number of fused-ring (bicyclic) bond motifs is 1. The van der Waals surface area contributed by atoms with Gasteiger partial charge in [-0.2, -0.15) is 0 Å². The van der Waals surface area contributed by atoms with Gasteiger partial charge < -0.3 is 10.2 Å². The van der Waals surface area contributed by atoms with E-state index < -0.39 is 0 Å². The van der Waals surface area contributed by atoms with E-state index in [0.717, 1.165) is 16.9 Å². The molecule has 3 aromatic rings. The number of oxazole rings is 1. The van der Waals surface area contributed by atoms with Gasteiger partial charge in [0, 0.05) is 5.75 Å². The van der Waals surface area contributed by atoms with Crippen molar-refractivity contribution >= 4 is 28.5 Å². The summed E-state index contributed by atoms with van der Waals surface area (Å²) in [6.07, 6.45) is 0. The minimum atomic E-state index is 0.657. The molecule has 3 rings (SSSR count). The highest BCUT2D eigenvalue weighted by molar-refractivity contribution is 7.98. The van der Waals surface area contributed by atoms with Crippen molar-refractivity contribution in [2.24, 2.45) is 0 Å². The highest BCUT2D eigenvalue weighted by Crippen LogP contribution is 2.29. The lowest BCUT2D eigenvalue weighted by Gasteiger charge is -2.02. The Morgan fingerprint density at radius 1 is 1.15 bits per heavy atom. The number of nitrogens with zero attached hydrogens (tertiary/aromatic N) is 1. The van der Waals surface area contributed by atoms with E-state index in [2.05, 4.69) is 37.0 Å². The van der Waals surface area contributed by atoms with E-state index in [1.165, 1.54) is 16.7 Å². The zero-order valence-electron chi connectivity index (χ0n) is 11.5. The first-order valence-corrected chi connectivity index (χ1v) is 7.45. The Morgan fingerprint density at radius 2 is 1.90 bits per heavy atom. The van der Waals surface area contributed by atoms with Crippen LogP contribution in [0.15, 0.2) is 46.0 Å². The summed E-state index contributed by atoms with van der Waals surface area (Å²) in [5, 5.41) is 0.664. The van der Waals surface area contributed by atoms with Gasteiger partial charge in [0.15, 0.2) is 5.58 Å². The lowest BCUT2D eigenvalue weighted by Crippen LogP contribution is -1.86. The van der Waals surface area contributed by atoms with Gasteiger partial charge >= 0.3 is 0 Å². The Morgan fingerprint density at radius 3 is 2.60 bits per heavy atom. The molecule has 0 amide bonds. The minimum absolute atomic E-state index is 0.657. The van der Waals surface area contributed by atoms with Crippen molar-refractivity contribution < 1.29 is 4.42 Å². The molecule has 0 aliphatic rings.